The van der Waals surface area contributed by atoms with Crippen molar-refractivity contribution in [3.05, 3.63) is 40.5 Å². The van der Waals surface area contributed by atoms with Crippen molar-refractivity contribution < 1.29 is 31.1 Å². The van der Waals surface area contributed by atoms with Crippen LogP contribution in [0, 0.1) is 11.2 Å². The van der Waals surface area contributed by atoms with Crippen molar-refractivity contribution in [2.24, 2.45) is 11.1 Å². The minimum Gasteiger partial charge on any atom is -0.382 e. The third-order valence-electron chi connectivity index (χ3n) is 9.76. The lowest BCUT2D eigenvalue weighted by molar-refractivity contribution is -0.0625. The summed E-state index contributed by atoms with van der Waals surface area (Å²) in [6, 6.07) is 3.00. The van der Waals surface area contributed by atoms with E-state index in [4.69, 9.17) is 10.5 Å². The van der Waals surface area contributed by atoms with Crippen molar-refractivity contribution in [2.75, 3.05) is 37.3 Å². The molecule has 4 aliphatic rings. The lowest BCUT2D eigenvalue weighted by atomic mass is 9.89. The molecule has 2 aliphatic heterocycles. The van der Waals surface area contributed by atoms with Crippen molar-refractivity contribution in [1.29, 1.82) is 0 Å². The van der Waals surface area contributed by atoms with Crippen LogP contribution in [0.15, 0.2) is 17.0 Å². The number of aromatic nitrogens is 1. The van der Waals surface area contributed by atoms with Gasteiger partial charge in [-0.2, -0.15) is 0 Å². The van der Waals surface area contributed by atoms with E-state index in [0.717, 1.165) is 43.4 Å². The van der Waals surface area contributed by atoms with Crippen molar-refractivity contribution in [3.8, 4) is 5.69 Å². The minimum atomic E-state index is -3.50. The molecule has 44 heavy (non-hydrogen) atoms. The summed E-state index contributed by atoms with van der Waals surface area (Å²) in [4.78, 5) is 14.8. The topological polar surface area (TPSA) is 107 Å². The Morgan fingerprint density at radius 2 is 1.80 bits per heavy atom. The van der Waals surface area contributed by atoms with Gasteiger partial charge < -0.3 is 25.3 Å². The molecule has 2 aliphatic carbocycles. The van der Waals surface area contributed by atoms with Gasteiger partial charge >= 0.3 is 0 Å². The lowest BCUT2D eigenvalue weighted by Gasteiger charge is -2.33. The maximum absolute atomic E-state index is 15.7. The van der Waals surface area contributed by atoms with E-state index >= 15 is 4.39 Å². The summed E-state index contributed by atoms with van der Waals surface area (Å²) >= 11 is 0. The number of sulfone groups is 1. The summed E-state index contributed by atoms with van der Waals surface area (Å²) in [6.45, 7) is 5.77. The van der Waals surface area contributed by atoms with E-state index in [1.807, 2.05) is 23.3 Å². The van der Waals surface area contributed by atoms with Crippen LogP contribution in [0.5, 0.6) is 0 Å². The monoisotopic (exact) mass is 636 g/mol. The smallest absolute Gasteiger partial charge is 0.253 e. The fourth-order valence-electron chi connectivity index (χ4n) is 7.72. The number of fused-ring (bicyclic) bond motifs is 3. The molecule has 0 radical (unpaired) electrons. The molecule has 0 unspecified atom stereocenters. The SMILES string of the molecule is CC1(C)Cc2c(c3c(n2-c2cc(F)c(C(N)=O)c(NC4CCC(OCCN5CCC(F)(F)CC5)CC4)c2)CCC3)S(=O)(=O)C1. The number of nitrogens with one attached hydrogen (secondary N) is 1. The Morgan fingerprint density at radius 3 is 2.48 bits per heavy atom. The van der Waals surface area contributed by atoms with Crippen LogP contribution in [0.2, 0.25) is 0 Å². The Labute approximate surface area is 257 Å². The summed E-state index contributed by atoms with van der Waals surface area (Å²) in [5.74, 6) is -4.09. The molecule has 12 heteroatoms. The molecule has 6 rings (SSSR count). The number of carbonyl (C=O) groups excluding carboxylic acids is 1. The number of alkyl halides is 2. The number of hydrogen-bond acceptors (Lipinski definition) is 6. The van der Waals surface area contributed by atoms with E-state index in [9.17, 15) is 22.0 Å². The Morgan fingerprint density at radius 1 is 1.09 bits per heavy atom. The van der Waals surface area contributed by atoms with Crippen LogP contribution in [0.3, 0.4) is 0 Å². The molecule has 0 spiro atoms. The summed E-state index contributed by atoms with van der Waals surface area (Å²) in [5, 5.41) is 3.38. The zero-order valence-corrected chi connectivity index (χ0v) is 26.4. The van der Waals surface area contributed by atoms with Crippen molar-refractivity contribution in [1.82, 2.24) is 9.47 Å². The van der Waals surface area contributed by atoms with Gasteiger partial charge in [0.2, 0.25) is 0 Å². The summed E-state index contributed by atoms with van der Waals surface area (Å²) in [6.07, 6.45) is 5.63. The molecule has 2 fully saturated rings. The van der Waals surface area contributed by atoms with Crippen LogP contribution in [0.4, 0.5) is 18.9 Å². The molecular weight excluding hydrogens is 593 g/mol. The van der Waals surface area contributed by atoms with Crippen LogP contribution in [-0.4, -0.2) is 73.9 Å². The van der Waals surface area contributed by atoms with Gasteiger partial charge in [0, 0.05) is 49.9 Å². The van der Waals surface area contributed by atoms with Crippen LogP contribution in [-0.2, 0) is 33.8 Å². The van der Waals surface area contributed by atoms with Gasteiger partial charge in [0.15, 0.2) is 9.84 Å². The van der Waals surface area contributed by atoms with Gasteiger partial charge in [-0.05, 0) is 74.5 Å². The average molecular weight is 637 g/mol. The number of piperidine rings is 1. The fourth-order valence-corrected chi connectivity index (χ4v) is 10.1. The molecule has 3 N–H and O–H groups in total. The standard InChI is InChI=1S/C32H43F3N4O4S/c1-31(2)18-27-29(44(41,42)19-31)23-4-3-5-26(23)39(27)21-16-24(33)28(30(36)40)25(17-21)37-20-6-8-22(9-7-20)43-15-14-38-12-10-32(34,35)11-13-38/h16-17,20,22,37H,3-15,18-19H2,1-2H3,(H2,36,40). The predicted molar refractivity (Wildman–Crippen MR) is 162 cm³/mol. The number of carbonyl (C=O) groups is 1. The molecule has 242 valence electrons. The average Bonchev–Trinajstić information content (AvgIpc) is 3.49. The third kappa shape index (κ3) is 6.26. The van der Waals surface area contributed by atoms with Gasteiger partial charge in [0.25, 0.3) is 11.8 Å². The van der Waals surface area contributed by atoms with Crippen LogP contribution in [0.1, 0.15) is 86.1 Å². The minimum absolute atomic E-state index is 0.0319. The first-order valence-electron chi connectivity index (χ1n) is 15.8. The van der Waals surface area contributed by atoms with Gasteiger partial charge in [-0.15, -0.1) is 0 Å². The number of likely N-dealkylation sites (tertiary alicyclic amines) is 1. The maximum Gasteiger partial charge on any atom is 0.253 e. The third-order valence-corrected chi connectivity index (χ3v) is 12.0. The van der Waals surface area contributed by atoms with E-state index in [1.165, 1.54) is 6.07 Å². The number of benzene rings is 1. The zero-order valence-electron chi connectivity index (χ0n) is 25.6. The molecule has 1 amide bonds. The Balaban J connectivity index is 1.18. The molecule has 1 saturated carbocycles. The fraction of sp³-hybridized carbons (Fsp3) is 0.656. The first-order chi connectivity index (χ1) is 20.7. The highest BCUT2D eigenvalue weighted by Crippen LogP contribution is 2.45. The molecule has 3 heterocycles. The normalized spacial score (nSPS) is 25.8. The molecule has 2 aromatic rings. The highest BCUT2D eigenvalue weighted by atomic mass is 32.2. The number of hydrogen-bond donors (Lipinski definition) is 2. The first-order valence-corrected chi connectivity index (χ1v) is 17.5. The highest BCUT2D eigenvalue weighted by molar-refractivity contribution is 7.91. The molecular formula is C32H43F3N4O4S. The van der Waals surface area contributed by atoms with E-state index in [1.54, 1.807) is 6.07 Å². The van der Waals surface area contributed by atoms with Gasteiger partial charge in [0.05, 0.1) is 40.3 Å². The Kier molecular flexibility index (Phi) is 8.32. The Bertz CT molecular complexity index is 1540. The largest absolute Gasteiger partial charge is 0.382 e. The number of nitrogens with zero attached hydrogens (tertiary/aromatic N) is 2. The zero-order chi connectivity index (χ0) is 31.4. The molecule has 1 saturated heterocycles. The maximum atomic E-state index is 15.7. The summed E-state index contributed by atoms with van der Waals surface area (Å²) in [5.41, 5.74) is 8.23. The quantitative estimate of drug-likeness (QED) is 0.421. The number of ether oxygens (including phenoxy) is 1. The molecule has 1 aromatic heterocycles. The molecule has 0 bridgehead atoms. The predicted octanol–water partition coefficient (Wildman–Crippen LogP) is 5.03. The van der Waals surface area contributed by atoms with E-state index in [0.29, 0.717) is 67.5 Å². The van der Waals surface area contributed by atoms with Gasteiger partial charge in [-0.3, -0.25) is 4.79 Å². The van der Waals surface area contributed by atoms with Crippen molar-refractivity contribution in [2.45, 2.75) is 101 Å². The number of amides is 1. The molecule has 1 aromatic carbocycles. The van der Waals surface area contributed by atoms with Crippen LogP contribution < -0.4 is 11.1 Å². The summed E-state index contributed by atoms with van der Waals surface area (Å²) in [7, 11) is -3.50. The van der Waals surface area contributed by atoms with Gasteiger partial charge in [0.1, 0.15) is 5.82 Å². The van der Waals surface area contributed by atoms with Crippen LogP contribution >= 0.6 is 0 Å². The van der Waals surface area contributed by atoms with E-state index in [-0.39, 0.29) is 36.3 Å². The van der Waals surface area contributed by atoms with Crippen molar-refractivity contribution >= 4 is 21.4 Å². The van der Waals surface area contributed by atoms with E-state index in [2.05, 4.69) is 5.32 Å². The number of nitrogens with two attached hydrogens (primary N) is 1. The molecule has 0 atom stereocenters. The van der Waals surface area contributed by atoms with Crippen LogP contribution in [0.25, 0.3) is 5.69 Å². The second-order valence-electron chi connectivity index (χ2n) is 13.9. The van der Waals surface area contributed by atoms with Gasteiger partial charge in [-0.25, -0.2) is 21.6 Å². The number of primary amides is 1. The Hall–Kier alpha value is -2.57. The number of anilines is 1. The second-order valence-corrected chi connectivity index (χ2v) is 15.8. The highest BCUT2D eigenvalue weighted by Gasteiger charge is 2.43. The van der Waals surface area contributed by atoms with E-state index < -0.39 is 32.9 Å². The van der Waals surface area contributed by atoms with Gasteiger partial charge in [-0.1, -0.05) is 13.8 Å². The first kappa shape index (κ1) is 31.4. The van der Waals surface area contributed by atoms with Crippen molar-refractivity contribution in [3.63, 3.8) is 0 Å². The second kappa shape index (κ2) is 11.7. The number of rotatable bonds is 8. The number of halogens is 3. The molecule has 8 nitrogen and oxygen atoms in total. The lowest BCUT2D eigenvalue weighted by Crippen LogP contribution is -2.41. The summed E-state index contributed by atoms with van der Waals surface area (Å²) < 4.78 is 77.3.